The van der Waals surface area contributed by atoms with Crippen molar-refractivity contribution in [1.29, 1.82) is 0 Å². The van der Waals surface area contributed by atoms with Gasteiger partial charge in [-0.25, -0.2) is 13.2 Å². The highest BCUT2D eigenvalue weighted by Gasteiger charge is 2.36. The van der Waals surface area contributed by atoms with Gasteiger partial charge in [-0.1, -0.05) is 238 Å². The summed E-state index contributed by atoms with van der Waals surface area (Å²) in [5.41, 5.74) is 1.71. The zero-order valence-corrected chi connectivity index (χ0v) is 41.5. The molecule has 0 spiro atoms. The molecule has 0 aliphatic rings. The van der Waals surface area contributed by atoms with Crippen LogP contribution in [-0.2, 0) is 0 Å². The molecule has 0 aromatic heterocycles. The van der Waals surface area contributed by atoms with Crippen molar-refractivity contribution in [3.63, 3.8) is 0 Å². The third-order valence-electron chi connectivity index (χ3n) is 12.6. The van der Waals surface area contributed by atoms with Crippen LogP contribution in [0.4, 0.5) is 8.78 Å². The van der Waals surface area contributed by atoms with Crippen LogP contribution in [0.1, 0.15) is 132 Å². The first kappa shape index (κ1) is 48.7. The molecule has 0 fully saturated rings. The van der Waals surface area contributed by atoms with Gasteiger partial charge in [0.25, 0.3) is 0 Å². The maximum Gasteiger partial charge on any atom is 0.132 e. The Morgan fingerprint density at radius 3 is 1.40 bits per heavy atom. The second kappa shape index (κ2) is 25.1. The Hall–Kier alpha value is -2.01. The summed E-state index contributed by atoms with van der Waals surface area (Å²) in [5, 5.41) is 6.21. The van der Waals surface area contributed by atoms with Gasteiger partial charge in [-0.15, -0.1) is 0 Å². The van der Waals surface area contributed by atoms with Crippen molar-refractivity contribution in [1.82, 2.24) is 4.44 Å². The number of hydrogen-bond acceptors (Lipinski definition) is 1. The Morgan fingerprint density at radius 1 is 0.517 bits per heavy atom. The fraction of sp³-hybridized carbons (Fsp3) is 0.529. The number of benzene rings is 4. The normalized spacial score (nSPS) is 13.0. The van der Waals surface area contributed by atoms with E-state index >= 15 is 8.78 Å². The van der Waals surface area contributed by atoms with Crippen LogP contribution in [0.3, 0.4) is 0 Å². The van der Waals surface area contributed by atoms with Gasteiger partial charge in [0.15, 0.2) is 0 Å². The largest absolute Gasteiger partial charge is 0.249 e. The van der Waals surface area contributed by atoms with Crippen molar-refractivity contribution < 1.29 is 8.78 Å². The van der Waals surface area contributed by atoms with Crippen LogP contribution in [-0.4, -0.2) is 26.6 Å². The molecule has 0 aliphatic heterocycles. The smallest absolute Gasteiger partial charge is 0.132 e. The van der Waals surface area contributed by atoms with E-state index in [1.807, 2.05) is 30.3 Å². The number of nitrogens with zero attached hydrogens (tertiary/aromatic N) is 1. The minimum absolute atomic E-state index is 0.135. The van der Waals surface area contributed by atoms with E-state index < -0.39 is 24.2 Å². The van der Waals surface area contributed by atoms with Crippen LogP contribution in [0.15, 0.2) is 91.0 Å². The van der Waals surface area contributed by atoms with Gasteiger partial charge in [-0.05, 0) is 57.0 Å². The molecule has 2 atom stereocenters. The van der Waals surface area contributed by atoms with Gasteiger partial charge in [0.1, 0.15) is 11.6 Å². The van der Waals surface area contributed by atoms with Crippen molar-refractivity contribution in [2.45, 2.75) is 175 Å². The molecule has 0 radical (unpaired) electrons. The van der Waals surface area contributed by atoms with E-state index in [0.29, 0.717) is 5.56 Å². The Balaban J connectivity index is 1.91. The van der Waals surface area contributed by atoms with Crippen molar-refractivity contribution in [3.05, 3.63) is 103 Å². The SMILES string of the molecule is CCCC[Si](CCCC)(CCCC)c1ccc(P(c2ccccc2F)N(Pc2ccc([Si](CCCC)(CCCC)CCCC)cc2-c2ccccc2F)C(C)C)cc1. The lowest BCUT2D eigenvalue weighted by atomic mass is 10.1. The molecule has 7 heteroatoms. The van der Waals surface area contributed by atoms with Crippen molar-refractivity contribution in [3.8, 4) is 11.1 Å². The summed E-state index contributed by atoms with van der Waals surface area (Å²) in [6.45, 7) is 18.5. The second-order valence-corrected chi connectivity index (χ2v) is 30.2. The first-order valence-corrected chi connectivity index (χ1v) is 30.7. The summed E-state index contributed by atoms with van der Waals surface area (Å²) in [5.74, 6) is -0.313. The lowest BCUT2D eigenvalue weighted by Gasteiger charge is -2.37. The average Bonchev–Trinajstić information content (AvgIpc) is 3.24. The van der Waals surface area contributed by atoms with Gasteiger partial charge in [0, 0.05) is 25.0 Å². The van der Waals surface area contributed by atoms with Gasteiger partial charge < -0.3 is 0 Å². The summed E-state index contributed by atoms with van der Waals surface area (Å²) < 4.78 is 34.8. The van der Waals surface area contributed by atoms with Crippen LogP contribution < -0.4 is 26.3 Å². The van der Waals surface area contributed by atoms with E-state index in [0.717, 1.165) is 16.2 Å². The minimum atomic E-state index is -1.86. The number of rotatable bonds is 27. The molecule has 0 N–H and O–H groups in total. The fourth-order valence-electron chi connectivity index (χ4n) is 9.07. The molecule has 0 saturated carbocycles. The van der Waals surface area contributed by atoms with Gasteiger partial charge in [0.05, 0.1) is 16.1 Å². The third-order valence-corrected chi connectivity index (χ3v) is 28.4. The summed E-state index contributed by atoms with van der Waals surface area (Å²) in [4.78, 5) is 0. The molecule has 0 aliphatic carbocycles. The Kier molecular flexibility index (Phi) is 21.0. The molecule has 318 valence electrons. The predicted octanol–water partition coefficient (Wildman–Crippen LogP) is 14.7. The molecule has 4 rings (SSSR count). The van der Waals surface area contributed by atoms with Crippen LogP contribution in [0.2, 0.25) is 36.3 Å². The van der Waals surface area contributed by atoms with Crippen molar-refractivity contribution >= 4 is 59.2 Å². The molecule has 0 heterocycles. The van der Waals surface area contributed by atoms with Crippen molar-refractivity contribution in [2.24, 2.45) is 0 Å². The molecular weight excluding hydrogens is 783 g/mol. The summed E-state index contributed by atoms with van der Waals surface area (Å²) >= 11 is 0. The second-order valence-electron chi connectivity index (χ2n) is 17.3. The maximum absolute atomic E-state index is 16.2. The third kappa shape index (κ3) is 12.8. The zero-order chi connectivity index (χ0) is 42.0. The molecule has 0 saturated heterocycles. The van der Waals surface area contributed by atoms with E-state index in [9.17, 15) is 0 Å². The van der Waals surface area contributed by atoms with E-state index in [-0.39, 0.29) is 26.4 Å². The van der Waals surface area contributed by atoms with Gasteiger partial charge in [0.2, 0.25) is 0 Å². The van der Waals surface area contributed by atoms with Gasteiger partial charge in [-0.2, -0.15) is 0 Å². The lowest BCUT2D eigenvalue weighted by molar-refractivity contribution is 0.585. The minimum Gasteiger partial charge on any atom is -0.249 e. The van der Waals surface area contributed by atoms with Crippen LogP contribution in [0, 0.1) is 11.6 Å². The van der Waals surface area contributed by atoms with E-state index in [1.54, 1.807) is 23.4 Å². The quantitative estimate of drug-likeness (QED) is 0.0426. The fourth-order valence-corrected chi connectivity index (χ4v) is 24.8. The monoisotopic (exact) mass is 860 g/mol. The summed E-state index contributed by atoms with van der Waals surface area (Å²) in [7, 11) is -4.53. The molecular formula is C51H77F2NP2Si2. The molecule has 0 bridgehead atoms. The Labute approximate surface area is 359 Å². The molecule has 4 aromatic rings. The van der Waals surface area contributed by atoms with Gasteiger partial charge >= 0.3 is 0 Å². The highest BCUT2D eigenvalue weighted by molar-refractivity contribution is 7.77. The molecule has 2 unspecified atom stereocenters. The standard InChI is InChI=1S/C51H77F2NP2Si2/c1-9-15-35-57(36-16-10-2,37-17-11-3)44-31-29-43(30-32-44)56(51-28-24-23-27-49(51)53)54(42(7)8)55-50-34-33-45(41-47(50)46-25-21-22-26-48(46)52)58(38-18-12-4,39-19-13-5)40-20-14-6/h21-34,41-42,55H,9-20,35-40H2,1-8H3. The van der Waals surface area contributed by atoms with E-state index in [4.69, 9.17) is 0 Å². The first-order valence-electron chi connectivity index (χ1n) is 23.2. The number of hydrogen-bond donors (Lipinski definition) is 0. The Bertz CT molecular complexity index is 1740. The zero-order valence-electron chi connectivity index (χ0n) is 37.6. The maximum atomic E-state index is 16.2. The van der Waals surface area contributed by atoms with Gasteiger partial charge in [-0.3, -0.25) is 0 Å². The van der Waals surface area contributed by atoms with Crippen LogP contribution in [0.25, 0.3) is 11.1 Å². The molecule has 0 amide bonds. The highest BCUT2D eigenvalue weighted by Crippen LogP contribution is 2.49. The molecule has 1 nitrogen and oxygen atoms in total. The summed E-state index contributed by atoms with van der Waals surface area (Å²) in [6, 6.07) is 39.8. The summed E-state index contributed by atoms with van der Waals surface area (Å²) in [6.07, 6.45) is 15.0. The highest BCUT2D eigenvalue weighted by atomic mass is 31.2. The first-order chi connectivity index (χ1) is 28.1. The lowest BCUT2D eigenvalue weighted by Crippen LogP contribution is -2.48. The number of unbranched alkanes of at least 4 members (excludes halogenated alkanes) is 6. The van der Waals surface area contributed by atoms with E-state index in [2.05, 4.69) is 102 Å². The van der Waals surface area contributed by atoms with E-state index in [1.165, 1.54) is 124 Å². The topological polar surface area (TPSA) is 3.24 Å². The predicted molar refractivity (Wildman–Crippen MR) is 265 cm³/mol. The van der Waals surface area contributed by atoms with Crippen LogP contribution in [0.5, 0.6) is 0 Å². The average molecular weight is 860 g/mol. The Morgan fingerprint density at radius 2 is 0.948 bits per heavy atom. The number of halogens is 2. The molecule has 58 heavy (non-hydrogen) atoms. The van der Waals surface area contributed by atoms with Crippen LogP contribution >= 0.6 is 16.8 Å². The molecule has 4 aromatic carbocycles. The van der Waals surface area contributed by atoms with Crippen molar-refractivity contribution in [2.75, 3.05) is 0 Å².